The molecule has 2 N–H and O–H groups in total. The van der Waals surface area contributed by atoms with Gasteiger partial charge in [-0.25, -0.2) is 8.42 Å². The van der Waals surface area contributed by atoms with Crippen molar-refractivity contribution in [3.05, 3.63) is 54.1 Å². The number of hydrogen-bond acceptors (Lipinski definition) is 4. The molecule has 0 fully saturated rings. The van der Waals surface area contributed by atoms with Crippen LogP contribution < -0.4 is 10.6 Å². The van der Waals surface area contributed by atoms with Crippen molar-refractivity contribution in [2.45, 2.75) is 11.8 Å². The van der Waals surface area contributed by atoms with Gasteiger partial charge in [0, 0.05) is 24.4 Å². The lowest BCUT2D eigenvalue weighted by Gasteiger charge is -2.10. The van der Waals surface area contributed by atoms with Crippen LogP contribution in [0.15, 0.2) is 53.4 Å². The van der Waals surface area contributed by atoms with E-state index in [9.17, 15) is 18.0 Å². The number of carbonyl (C=O) groups excluding carboxylic acids is 2. The third-order valence-electron chi connectivity index (χ3n) is 3.00. The number of sulfone groups is 1. The fourth-order valence-electron chi connectivity index (χ4n) is 2.00. The van der Waals surface area contributed by atoms with Gasteiger partial charge in [0.25, 0.3) is 5.91 Å². The molecule has 120 valence electrons. The fraction of sp³-hybridized carbons (Fsp3) is 0.125. The topological polar surface area (TPSA) is 92.3 Å². The molecule has 0 radical (unpaired) electrons. The van der Waals surface area contributed by atoms with Crippen molar-refractivity contribution in [1.82, 2.24) is 0 Å². The highest BCUT2D eigenvalue weighted by atomic mass is 32.2. The first kappa shape index (κ1) is 16.7. The van der Waals surface area contributed by atoms with E-state index in [4.69, 9.17) is 0 Å². The van der Waals surface area contributed by atoms with E-state index in [0.717, 1.165) is 6.26 Å². The molecule has 2 amide bonds. The van der Waals surface area contributed by atoms with Crippen LogP contribution in [0.3, 0.4) is 0 Å². The molecule has 0 unspecified atom stereocenters. The molecule has 2 aromatic carbocycles. The van der Waals surface area contributed by atoms with Gasteiger partial charge in [-0.3, -0.25) is 9.59 Å². The van der Waals surface area contributed by atoms with Gasteiger partial charge in [0.15, 0.2) is 9.84 Å². The van der Waals surface area contributed by atoms with Crippen molar-refractivity contribution >= 4 is 33.0 Å². The van der Waals surface area contributed by atoms with Gasteiger partial charge in [-0.05, 0) is 36.4 Å². The Morgan fingerprint density at radius 1 is 0.913 bits per heavy atom. The molecule has 0 heterocycles. The van der Waals surface area contributed by atoms with Crippen molar-refractivity contribution in [3.8, 4) is 0 Å². The molecule has 0 aliphatic rings. The molecule has 0 aliphatic heterocycles. The predicted molar refractivity (Wildman–Crippen MR) is 88.3 cm³/mol. The Kier molecular flexibility index (Phi) is 4.80. The maximum absolute atomic E-state index is 12.2. The Hall–Kier alpha value is -2.67. The zero-order chi connectivity index (χ0) is 17.0. The molecule has 0 atom stereocenters. The number of hydrogen-bond donors (Lipinski definition) is 2. The summed E-state index contributed by atoms with van der Waals surface area (Å²) in [6.07, 6.45) is 1.08. The summed E-state index contributed by atoms with van der Waals surface area (Å²) >= 11 is 0. The number of nitrogens with one attached hydrogen (secondary N) is 2. The Bertz CT molecular complexity index is 843. The molecule has 0 bridgehead atoms. The van der Waals surface area contributed by atoms with Crippen molar-refractivity contribution < 1.29 is 18.0 Å². The van der Waals surface area contributed by atoms with Gasteiger partial charge < -0.3 is 10.6 Å². The number of anilines is 2. The van der Waals surface area contributed by atoms with Gasteiger partial charge in [-0.1, -0.05) is 12.1 Å². The second-order valence-corrected chi connectivity index (χ2v) is 6.97. The van der Waals surface area contributed by atoms with E-state index in [1.54, 1.807) is 36.4 Å². The molecule has 0 aromatic heterocycles. The largest absolute Gasteiger partial charge is 0.326 e. The van der Waals surface area contributed by atoms with E-state index >= 15 is 0 Å². The molecule has 7 heteroatoms. The average molecular weight is 332 g/mol. The first-order chi connectivity index (χ1) is 10.8. The lowest BCUT2D eigenvalue weighted by Crippen LogP contribution is -2.14. The van der Waals surface area contributed by atoms with E-state index in [0.29, 0.717) is 11.3 Å². The molecule has 0 spiro atoms. The highest BCUT2D eigenvalue weighted by Gasteiger charge is 2.15. The van der Waals surface area contributed by atoms with E-state index in [-0.39, 0.29) is 16.5 Å². The third-order valence-corrected chi connectivity index (χ3v) is 4.16. The molecular formula is C16H16N2O4S. The van der Waals surface area contributed by atoms with Gasteiger partial charge in [-0.2, -0.15) is 0 Å². The van der Waals surface area contributed by atoms with Crippen molar-refractivity contribution in [3.63, 3.8) is 0 Å². The van der Waals surface area contributed by atoms with Crippen LogP contribution in [0.2, 0.25) is 0 Å². The minimum atomic E-state index is -3.44. The SMILES string of the molecule is CC(=O)Nc1ccc(C(=O)Nc2ccccc2S(C)(=O)=O)cc1. The molecule has 2 rings (SSSR count). The maximum atomic E-state index is 12.2. The standard InChI is InChI=1S/C16H16N2O4S/c1-11(19)17-13-9-7-12(8-10-13)16(20)18-14-5-3-4-6-15(14)23(2,21)22/h3-10H,1-2H3,(H,17,19)(H,18,20). The first-order valence-corrected chi connectivity index (χ1v) is 8.64. The van der Waals surface area contributed by atoms with Crippen LogP contribution in [-0.4, -0.2) is 26.5 Å². The molecule has 0 saturated carbocycles. The first-order valence-electron chi connectivity index (χ1n) is 6.75. The normalized spacial score (nSPS) is 10.9. The van der Waals surface area contributed by atoms with Gasteiger partial charge in [0.05, 0.1) is 10.6 Å². The van der Waals surface area contributed by atoms with E-state index in [1.807, 2.05) is 0 Å². The van der Waals surface area contributed by atoms with Gasteiger partial charge in [-0.15, -0.1) is 0 Å². The minimum absolute atomic E-state index is 0.0585. The number of benzene rings is 2. The Balaban J connectivity index is 2.22. The number of carbonyl (C=O) groups is 2. The zero-order valence-electron chi connectivity index (χ0n) is 12.7. The molecule has 0 saturated heterocycles. The highest BCUT2D eigenvalue weighted by Crippen LogP contribution is 2.21. The van der Waals surface area contributed by atoms with Crippen molar-refractivity contribution in [2.24, 2.45) is 0 Å². The van der Waals surface area contributed by atoms with Gasteiger partial charge in [0.1, 0.15) is 0 Å². The summed E-state index contributed by atoms with van der Waals surface area (Å²) < 4.78 is 23.5. The van der Waals surface area contributed by atoms with Crippen LogP contribution in [0, 0.1) is 0 Å². The van der Waals surface area contributed by atoms with Gasteiger partial charge in [0.2, 0.25) is 5.91 Å². The summed E-state index contributed by atoms with van der Waals surface area (Å²) in [6.45, 7) is 1.39. The monoisotopic (exact) mass is 332 g/mol. The third kappa shape index (κ3) is 4.40. The second-order valence-electron chi connectivity index (χ2n) is 4.98. The van der Waals surface area contributed by atoms with Crippen LogP contribution in [0.5, 0.6) is 0 Å². The second kappa shape index (κ2) is 6.62. The smallest absolute Gasteiger partial charge is 0.255 e. The summed E-state index contributed by atoms with van der Waals surface area (Å²) in [5, 5.41) is 5.19. The number of amides is 2. The molecule has 23 heavy (non-hydrogen) atoms. The van der Waals surface area contributed by atoms with E-state index in [2.05, 4.69) is 10.6 Å². The molecular weight excluding hydrogens is 316 g/mol. The fourth-order valence-corrected chi connectivity index (χ4v) is 2.84. The Morgan fingerprint density at radius 3 is 2.09 bits per heavy atom. The summed E-state index contributed by atoms with van der Waals surface area (Å²) in [5.74, 6) is -0.639. The summed E-state index contributed by atoms with van der Waals surface area (Å²) in [6, 6.07) is 12.5. The van der Waals surface area contributed by atoms with E-state index < -0.39 is 15.7 Å². The lowest BCUT2D eigenvalue weighted by atomic mass is 10.2. The molecule has 6 nitrogen and oxygen atoms in total. The Labute approximate surface area is 134 Å². The van der Waals surface area contributed by atoms with Crippen molar-refractivity contribution in [1.29, 1.82) is 0 Å². The average Bonchev–Trinajstić information content (AvgIpc) is 2.46. The van der Waals surface area contributed by atoms with Crippen molar-refractivity contribution in [2.75, 3.05) is 16.9 Å². The van der Waals surface area contributed by atoms with E-state index in [1.165, 1.54) is 19.1 Å². The molecule has 0 aliphatic carbocycles. The highest BCUT2D eigenvalue weighted by molar-refractivity contribution is 7.90. The van der Waals surface area contributed by atoms with Crippen LogP contribution in [0.1, 0.15) is 17.3 Å². The van der Waals surface area contributed by atoms with Crippen LogP contribution >= 0.6 is 0 Å². The number of para-hydroxylation sites is 1. The van der Waals surface area contributed by atoms with Gasteiger partial charge >= 0.3 is 0 Å². The summed E-state index contributed by atoms with van der Waals surface area (Å²) in [7, 11) is -3.44. The van der Waals surface area contributed by atoms with Crippen LogP contribution in [0.25, 0.3) is 0 Å². The molecule has 2 aromatic rings. The Morgan fingerprint density at radius 2 is 1.52 bits per heavy atom. The number of rotatable bonds is 4. The summed E-state index contributed by atoms with van der Waals surface area (Å²) in [5.41, 5.74) is 1.15. The zero-order valence-corrected chi connectivity index (χ0v) is 13.5. The predicted octanol–water partition coefficient (Wildman–Crippen LogP) is 2.30. The van der Waals surface area contributed by atoms with Crippen LogP contribution in [-0.2, 0) is 14.6 Å². The van der Waals surface area contributed by atoms with Crippen LogP contribution in [0.4, 0.5) is 11.4 Å². The quantitative estimate of drug-likeness (QED) is 0.898. The minimum Gasteiger partial charge on any atom is -0.326 e. The lowest BCUT2D eigenvalue weighted by molar-refractivity contribution is -0.114. The summed E-state index contributed by atoms with van der Waals surface area (Å²) in [4.78, 5) is 23.2. The maximum Gasteiger partial charge on any atom is 0.255 e.